The van der Waals surface area contributed by atoms with E-state index in [1.54, 1.807) is 24.3 Å². The molecule has 1 atom stereocenters. The molecule has 0 bridgehead atoms. The van der Waals surface area contributed by atoms with Gasteiger partial charge < -0.3 is 18.9 Å². The average Bonchev–Trinajstić information content (AvgIpc) is 3.33. The molecule has 2 aromatic carbocycles. The molecule has 1 unspecified atom stereocenters. The summed E-state index contributed by atoms with van der Waals surface area (Å²) in [5.41, 5.74) is 0.420. The highest BCUT2D eigenvalue weighted by molar-refractivity contribution is 7.15. The van der Waals surface area contributed by atoms with Crippen molar-refractivity contribution in [2.75, 3.05) is 13.7 Å². The second kappa shape index (κ2) is 7.97. The van der Waals surface area contributed by atoms with Crippen LogP contribution in [-0.4, -0.2) is 34.3 Å². The number of thiazole rings is 1. The van der Waals surface area contributed by atoms with Crippen molar-refractivity contribution in [3.05, 3.63) is 68.7 Å². The van der Waals surface area contributed by atoms with Crippen LogP contribution in [0.25, 0.3) is 11.0 Å². The van der Waals surface area contributed by atoms with Crippen molar-refractivity contribution >= 4 is 28.3 Å². The normalized spacial score (nSPS) is 15.7. The molecule has 3 heterocycles. The first-order valence-corrected chi connectivity index (χ1v) is 10.5. The molecule has 5 rings (SSSR count). The number of methoxy groups -OCH3 is 1. The van der Waals surface area contributed by atoms with Gasteiger partial charge in [0.2, 0.25) is 4.96 Å². The first-order valence-electron chi connectivity index (χ1n) is 9.68. The molecule has 162 valence electrons. The third-order valence-corrected chi connectivity index (χ3v) is 5.69. The SMILES string of the molecule is COc1cc(C=c2sc3nc(C4COc5ccccc5O4)nn3c2=O)ccc1OC(C)=O. The molecule has 0 aliphatic carbocycles. The third-order valence-electron chi connectivity index (χ3n) is 4.73. The number of rotatable bonds is 4. The van der Waals surface area contributed by atoms with Crippen molar-refractivity contribution in [1.82, 2.24) is 14.6 Å². The topological polar surface area (TPSA) is 101 Å². The van der Waals surface area contributed by atoms with Crippen LogP contribution >= 0.6 is 11.3 Å². The lowest BCUT2D eigenvalue weighted by Crippen LogP contribution is -2.26. The number of hydrogen-bond donors (Lipinski definition) is 0. The Morgan fingerprint density at radius 1 is 1.22 bits per heavy atom. The summed E-state index contributed by atoms with van der Waals surface area (Å²) in [4.78, 5) is 29.0. The average molecular weight is 451 g/mol. The largest absolute Gasteiger partial charge is 0.493 e. The molecule has 9 nitrogen and oxygen atoms in total. The van der Waals surface area contributed by atoms with Crippen LogP contribution in [0.15, 0.2) is 47.3 Å². The maximum atomic E-state index is 12.9. The highest BCUT2D eigenvalue weighted by Gasteiger charge is 2.27. The first kappa shape index (κ1) is 20.0. The molecule has 0 spiro atoms. The minimum absolute atomic E-state index is 0.260. The van der Waals surface area contributed by atoms with Gasteiger partial charge in [-0.1, -0.05) is 29.5 Å². The van der Waals surface area contributed by atoms with E-state index in [0.29, 0.717) is 43.9 Å². The molecule has 1 aliphatic heterocycles. The van der Waals surface area contributed by atoms with Gasteiger partial charge in [0.05, 0.1) is 11.6 Å². The van der Waals surface area contributed by atoms with Gasteiger partial charge in [-0.15, -0.1) is 5.10 Å². The fourth-order valence-corrected chi connectivity index (χ4v) is 4.21. The zero-order chi connectivity index (χ0) is 22.2. The van der Waals surface area contributed by atoms with Gasteiger partial charge in [0.15, 0.2) is 34.9 Å². The Morgan fingerprint density at radius 2 is 2.03 bits per heavy atom. The number of para-hydroxylation sites is 2. The van der Waals surface area contributed by atoms with Crippen LogP contribution in [0, 0.1) is 0 Å². The number of ether oxygens (including phenoxy) is 4. The van der Waals surface area contributed by atoms with Gasteiger partial charge in [-0.05, 0) is 35.9 Å². The quantitative estimate of drug-likeness (QED) is 0.344. The van der Waals surface area contributed by atoms with Crippen LogP contribution in [0.3, 0.4) is 0 Å². The van der Waals surface area contributed by atoms with E-state index in [-0.39, 0.29) is 12.2 Å². The van der Waals surface area contributed by atoms with Crippen LogP contribution in [0.2, 0.25) is 0 Å². The number of carbonyl (C=O) groups is 1. The van der Waals surface area contributed by atoms with Crippen molar-refractivity contribution in [2.45, 2.75) is 13.0 Å². The minimum Gasteiger partial charge on any atom is -0.493 e. The summed E-state index contributed by atoms with van der Waals surface area (Å²) in [6.45, 7) is 1.58. The number of fused-ring (bicyclic) bond motifs is 2. The van der Waals surface area contributed by atoms with E-state index in [0.717, 1.165) is 0 Å². The molecule has 10 heteroatoms. The van der Waals surface area contributed by atoms with E-state index in [1.165, 1.54) is 29.9 Å². The maximum absolute atomic E-state index is 12.9. The summed E-state index contributed by atoms with van der Waals surface area (Å²) in [7, 11) is 1.48. The van der Waals surface area contributed by atoms with Gasteiger partial charge in [0.1, 0.15) is 6.61 Å². The second-order valence-corrected chi connectivity index (χ2v) is 7.96. The van der Waals surface area contributed by atoms with E-state index in [2.05, 4.69) is 10.1 Å². The Kier molecular flexibility index (Phi) is 4.98. The van der Waals surface area contributed by atoms with Crippen molar-refractivity contribution in [3.8, 4) is 23.0 Å². The smallest absolute Gasteiger partial charge is 0.308 e. The minimum atomic E-state index is -0.498. The van der Waals surface area contributed by atoms with Gasteiger partial charge in [0, 0.05) is 6.92 Å². The number of carbonyl (C=O) groups excluding carboxylic acids is 1. The van der Waals surface area contributed by atoms with Crippen LogP contribution < -0.4 is 29.0 Å². The zero-order valence-corrected chi connectivity index (χ0v) is 17.9. The number of aromatic nitrogens is 3. The summed E-state index contributed by atoms with van der Waals surface area (Å²) in [5.74, 6) is 1.92. The van der Waals surface area contributed by atoms with E-state index in [1.807, 2.05) is 24.3 Å². The summed E-state index contributed by atoms with van der Waals surface area (Å²) >= 11 is 1.22. The van der Waals surface area contributed by atoms with Crippen LogP contribution in [-0.2, 0) is 4.79 Å². The first-order chi connectivity index (χ1) is 15.5. The number of benzene rings is 2. The highest BCUT2D eigenvalue weighted by atomic mass is 32.1. The summed E-state index contributed by atoms with van der Waals surface area (Å²) in [6, 6.07) is 12.4. The summed E-state index contributed by atoms with van der Waals surface area (Å²) < 4.78 is 23.8. The molecule has 0 fully saturated rings. The summed E-state index contributed by atoms with van der Waals surface area (Å²) in [5, 5.41) is 4.35. The molecule has 1 aliphatic rings. The Labute approximate surface area is 185 Å². The van der Waals surface area contributed by atoms with Crippen LogP contribution in [0.5, 0.6) is 23.0 Å². The van der Waals surface area contributed by atoms with E-state index >= 15 is 0 Å². The molecule has 2 aromatic heterocycles. The van der Waals surface area contributed by atoms with E-state index in [4.69, 9.17) is 18.9 Å². The molecule has 0 saturated carbocycles. The van der Waals surface area contributed by atoms with Gasteiger partial charge in [0.25, 0.3) is 5.56 Å². The Morgan fingerprint density at radius 3 is 2.78 bits per heavy atom. The Bertz CT molecular complexity index is 1440. The highest BCUT2D eigenvalue weighted by Crippen LogP contribution is 2.35. The van der Waals surface area contributed by atoms with E-state index < -0.39 is 12.1 Å². The fourth-order valence-electron chi connectivity index (χ4n) is 3.30. The molecule has 4 aromatic rings. The van der Waals surface area contributed by atoms with Crippen molar-refractivity contribution in [2.24, 2.45) is 0 Å². The van der Waals surface area contributed by atoms with Gasteiger partial charge in [-0.25, -0.2) is 0 Å². The fraction of sp³-hybridized carbons (Fsp3) is 0.182. The standard InChI is InChI=1S/C22H17N3O6S/c1-12(26)30-16-8-7-13(9-17(16)28-2)10-19-21(27)25-22(32-19)23-20(24-25)18-11-29-14-5-3-4-6-15(14)31-18/h3-10,18H,11H2,1-2H3. The molecule has 0 saturated heterocycles. The van der Waals surface area contributed by atoms with Crippen molar-refractivity contribution in [1.29, 1.82) is 0 Å². The second-order valence-electron chi connectivity index (χ2n) is 6.95. The number of hydrogen-bond acceptors (Lipinski definition) is 9. The van der Waals surface area contributed by atoms with Crippen LogP contribution in [0.4, 0.5) is 0 Å². The van der Waals surface area contributed by atoms with Gasteiger partial charge >= 0.3 is 5.97 Å². The summed E-state index contributed by atoms with van der Waals surface area (Å²) in [6.07, 6.45) is 1.21. The molecule has 0 N–H and O–H groups in total. The lowest BCUT2D eigenvalue weighted by Gasteiger charge is -2.24. The van der Waals surface area contributed by atoms with Gasteiger partial charge in [-0.2, -0.15) is 9.50 Å². The predicted molar refractivity (Wildman–Crippen MR) is 116 cm³/mol. The monoisotopic (exact) mass is 451 g/mol. The van der Waals surface area contributed by atoms with Gasteiger partial charge in [-0.3, -0.25) is 9.59 Å². The van der Waals surface area contributed by atoms with Crippen LogP contribution in [0.1, 0.15) is 24.4 Å². The zero-order valence-electron chi connectivity index (χ0n) is 17.1. The predicted octanol–water partition coefficient (Wildman–Crippen LogP) is 2.15. The molecule has 0 amide bonds. The number of nitrogens with zero attached hydrogens (tertiary/aromatic N) is 3. The lowest BCUT2D eigenvalue weighted by molar-refractivity contribution is -0.132. The Hall–Kier alpha value is -3.92. The Balaban J connectivity index is 1.45. The lowest BCUT2D eigenvalue weighted by atomic mass is 10.2. The van der Waals surface area contributed by atoms with E-state index in [9.17, 15) is 9.59 Å². The molecular weight excluding hydrogens is 434 g/mol. The molecular formula is C22H17N3O6S. The van der Waals surface area contributed by atoms with Crippen molar-refractivity contribution in [3.63, 3.8) is 0 Å². The maximum Gasteiger partial charge on any atom is 0.308 e. The third kappa shape index (κ3) is 3.65. The van der Waals surface area contributed by atoms with Crippen molar-refractivity contribution < 1.29 is 23.7 Å². The molecule has 0 radical (unpaired) electrons. The number of esters is 1. The molecule has 32 heavy (non-hydrogen) atoms.